The van der Waals surface area contributed by atoms with Gasteiger partial charge in [0.25, 0.3) is 11.8 Å². The molecule has 2 amide bonds. The maximum Gasteiger partial charge on any atom is 0.258 e. The van der Waals surface area contributed by atoms with E-state index in [1.165, 1.54) is 0 Å². The number of nitrogens with zero attached hydrogens (tertiary/aromatic N) is 3. The molecule has 2 aliphatic rings. The van der Waals surface area contributed by atoms with E-state index in [1.807, 2.05) is 26.0 Å². The lowest BCUT2D eigenvalue weighted by Gasteiger charge is -2.23. The third-order valence-corrected chi connectivity index (χ3v) is 4.98. The second-order valence-electron chi connectivity index (χ2n) is 5.92. The van der Waals surface area contributed by atoms with Gasteiger partial charge in [0, 0.05) is 17.6 Å². The molecule has 2 aliphatic heterocycles. The molecule has 0 spiro atoms. The molecule has 7 heteroatoms. The molecule has 2 fully saturated rings. The molecular weight excluding hydrogens is 362 g/mol. The summed E-state index contributed by atoms with van der Waals surface area (Å²) in [7, 11) is 1.60. The lowest BCUT2D eigenvalue weighted by atomic mass is 9.90. The Bertz CT molecular complexity index is 615. The topological polar surface area (TPSA) is 53.1 Å². The van der Waals surface area contributed by atoms with Gasteiger partial charge < -0.3 is 4.84 Å². The van der Waals surface area contributed by atoms with Crippen LogP contribution in [0.3, 0.4) is 0 Å². The van der Waals surface area contributed by atoms with Crippen molar-refractivity contribution in [2.24, 2.45) is 0 Å². The second-order valence-corrected chi connectivity index (χ2v) is 6.84. The van der Waals surface area contributed by atoms with Crippen LogP contribution in [0.2, 0.25) is 0 Å². The first kappa shape index (κ1) is 16.4. The molecule has 23 heavy (non-hydrogen) atoms. The third kappa shape index (κ3) is 2.77. The van der Waals surface area contributed by atoms with Crippen LogP contribution in [0.4, 0.5) is 0 Å². The van der Waals surface area contributed by atoms with E-state index in [-0.39, 0.29) is 11.8 Å². The maximum atomic E-state index is 12.9. The normalized spacial score (nSPS) is 20.2. The molecule has 0 N–H and O–H groups in total. The van der Waals surface area contributed by atoms with Crippen molar-refractivity contribution in [2.45, 2.75) is 19.8 Å². The molecule has 1 aromatic carbocycles. The van der Waals surface area contributed by atoms with Gasteiger partial charge in [-0.2, -0.15) is 5.06 Å². The summed E-state index contributed by atoms with van der Waals surface area (Å²) < 4.78 is 0.958. The lowest BCUT2D eigenvalue weighted by Crippen LogP contribution is -2.41. The van der Waals surface area contributed by atoms with Crippen LogP contribution >= 0.6 is 15.9 Å². The quantitative estimate of drug-likeness (QED) is 0.730. The summed E-state index contributed by atoms with van der Waals surface area (Å²) in [5.41, 5.74) is 2.75. The Labute approximate surface area is 144 Å². The number of halogens is 1. The lowest BCUT2D eigenvalue weighted by molar-refractivity contribution is -0.145. The zero-order chi connectivity index (χ0) is 16.7. The van der Waals surface area contributed by atoms with Crippen molar-refractivity contribution in [1.29, 1.82) is 0 Å². The predicted octanol–water partition coefficient (Wildman–Crippen LogP) is 1.61. The second kappa shape index (κ2) is 6.22. The van der Waals surface area contributed by atoms with Crippen molar-refractivity contribution >= 4 is 27.7 Å². The number of hydrogen-bond acceptors (Lipinski definition) is 4. The summed E-state index contributed by atoms with van der Waals surface area (Å²) in [6.45, 7) is 6.00. The first-order chi connectivity index (χ1) is 10.9. The fraction of sp³-hybridized carbons (Fsp3) is 0.500. The van der Waals surface area contributed by atoms with E-state index < -0.39 is 5.92 Å². The van der Waals surface area contributed by atoms with Crippen LogP contribution in [-0.4, -0.2) is 60.2 Å². The molecule has 6 nitrogen and oxygen atoms in total. The minimum Gasteiger partial charge on any atom is -0.302 e. The summed E-state index contributed by atoms with van der Waals surface area (Å²) >= 11 is 3.46. The average Bonchev–Trinajstić information content (AvgIpc) is 2.67. The number of amides is 2. The Hall–Kier alpha value is -1.44. The SMILES string of the molecule is CON1CCN2C(=O)C(c3c(C)cc(Br)cc3C)C(=O)N2CC1. The Morgan fingerprint density at radius 1 is 1.00 bits per heavy atom. The minimum absolute atomic E-state index is 0.138. The summed E-state index contributed by atoms with van der Waals surface area (Å²) in [5.74, 6) is -1.000. The Balaban J connectivity index is 1.95. The van der Waals surface area contributed by atoms with E-state index in [0.29, 0.717) is 26.2 Å². The Morgan fingerprint density at radius 3 is 1.91 bits per heavy atom. The van der Waals surface area contributed by atoms with Gasteiger partial charge >= 0.3 is 0 Å². The van der Waals surface area contributed by atoms with Crippen LogP contribution in [0, 0.1) is 13.8 Å². The number of hydrogen-bond donors (Lipinski definition) is 0. The number of rotatable bonds is 2. The van der Waals surface area contributed by atoms with Gasteiger partial charge in [0.05, 0.1) is 20.2 Å². The summed E-state index contributed by atoms with van der Waals surface area (Å²) in [6.07, 6.45) is 0. The highest BCUT2D eigenvalue weighted by atomic mass is 79.9. The average molecular weight is 382 g/mol. The van der Waals surface area contributed by atoms with Crippen molar-refractivity contribution in [3.05, 3.63) is 33.3 Å². The highest BCUT2D eigenvalue weighted by Crippen LogP contribution is 2.35. The van der Waals surface area contributed by atoms with Crippen molar-refractivity contribution in [2.75, 3.05) is 33.3 Å². The van der Waals surface area contributed by atoms with Gasteiger partial charge in [-0.1, -0.05) is 15.9 Å². The molecule has 2 saturated heterocycles. The zero-order valence-corrected chi connectivity index (χ0v) is 15.1. The molecule has 0 saturated carbocycles. The summed E-state index contributed by atoms with van der Waals surface area (Å²) in [5, 5.41) is 4.92. The zero-order valence-electron chi connectivity index (χ0n) is 13.5. The van der Waals surface area contributed by atoms with Gasteiger partial charge in [-0.25, -0.2) is 10.0 Å². The molecule has 0 atom stereocenters. The molecule has 0 aliphatic carbocycles. The van der Waals surface area contributed by atoms with Gasteiger partial charge in [-0.05, 0) is 42.7 Å². The van der Waals surface area contributed by atoms with Crippen LogP contribution in [0.1, 0.15) is 22.6 Å². The summed E-state index contributed by atoms with van der Waals surface area (Å²) in [4.78, 5) is 31.0. The Morgan fingerprint density at radius 2 is 1.48 bits per heavy atom. The largest absolute Gasteiger partial charge is 0.302 e. The maximum absolute atomic E-state index is 12.9. The third-order valence-electron chi connectivity index (χ3n) is 4.52. The molecule has 0 bridgehead atoms. The van der Waals surface area contributed by atoms with Crippen LogP contribution in [0.15, 0.2) is 16.6 Å². The van der Waals surface area contributed by atoms with Gasteiger partial charge in [0.15, 0.2) is 0 Å². The number of carbonyl (C=O) groups is 2. The molecule has 0 unspecified atom stereocenters. The molecule has 1 aromatic rings. The molecule has 2 heterocycles. The van der Waals surface area contributed by atoms with Crippen LogP contribution in [-0.2, 0) is 14.4 Å². The van der Waals surface area contributed by atoms with E-state index in [2.05, 4.69) is 15.9 Å². The number of benzene rings is 1. The number of carbonyl (C=O) groups excluding carboxylic acids is 2. The van der Waals surface area contributed by atoms with Gasteiger partial charge in [-0.15, -0.1) is 0 Å². The summed E-state index contributed by atoms with van der Waals surface area (Å²) in [6, 6.07) is 3.91. The van der Waals surface area contributed by atoms with Gasteiger partial charge in [0.1, 0.15) is 5.92 Å². The number of fused-ring (bicyclic) bond motifs is 1. The van der Waals surface area contributed by atoms with Crippen LogP contribution < -0.4 is 0 Å². The van der Waals surface area contributed by atoms with E-state index in [0.717, 1.165) is 21.2 Å². The van der Waals surface area contributed by atoms with E-state index in [9.17, 15) is 9.59 Å². The smallest absolute Gasteiger partial charge is 0.258 e. The monoisotopic (exact) mass is 381 g/mol. The van der Waals surface area contributed by atoms with E-state index >= 15 is 0 Å². The fourth-order valence-corrected chi connectivity index (χ4v) is 4.12. The predicted molar refractivity (Wildman–Crippen MR) is 88.4 cm³/mol. The fourth-order valence-electron chi connectivity index (χ4n) is 3.43. The molecule has 0 aromatic heterocycles. The molecule has 0 radical (unpaired) electrons. The van der Waals surface area contributed by atoms with Crippen LogP contribution in [0.25, 0.3) is 0 Å². The van der Waals surface area contributed by atoms with Gasteiger partial charge in [-0.3, -0.25) is 9.59 Å². The molecular formula is C16H20BrN3O3. The van der Waals surface area contributed by atoms with Crippen molar-refractivity contribution < 1.29 is 14.4 Å². The van der Waals surface area contributed by atoms with Crippen molar-refractivity contribution in [3.63, 3.8) is 0 Å². The number of hydrazine groups is 1. The molecule has 3 rings (SSSR count). The standard InChI is InChI=1S/C16H20BrN3O3/c1-10-8-12(17)9-11(2)13(10)14-15(21)19-6-4-18(23-3)5-7-20(19)16(14)22/h8-9,14H,4-7H2,1-3H3. The minimum atomic E-state index is -0.725. The first-order valence-corrected chi connectivity index (χ1v) is 8.41. The first-order valence-electron chi connectivity index (χ1n) is 7.62. The molecule has 124 valence electrons. The van der Waals surface area contributed by atoms with Crippen molar-refractivity contribution in [1.82, 2.24) is 15.1 Å². The van der Waals surface area contributed by atoms with E-state index in [4.69, 9.17) is 4.84 Å². The van der Waals surface area contributed by atoms with Crippen molar-refractivity contribution in [3.8, 4) is 0 Å². The van der Waals surface area contributed by atoms with Gasteiger partial charge in [0.2, 0.25) is 0 Å². The number of aryl methyl sites for hydroxylation is 2. The highest BCUT2D eigenvalue weighted by Gasteiger charge is 2.48. The highest BCUT2D eigenvalue weighted by molar-refractivity contribution is 9.10. The number of hydroxylamine groups is 2. The Kier molecular flexibility index (Phi) is 4.44. The van der Waals surface area contributed by atoms with E-state index in [1.54, 1.807) is 22.2 Å². The van der Waals surface area contributed by atoms with Crippen LogP contribution in [0.5, 0.6) is 0 Å².